The van der Waals surface area contributed by atoms with E-state index in [-0.39, 0.29) is 30.6 Å². The molecule has 1 rings (SSSR count). The Balaban J connectivity index is 2.20. The van der Waals surface area contributed by atoms with Gasteiger partial charge in [-0.3, -0.25) is 25.7 Å². The van der Waals surface area contributed by atoms with Crippen LogP contribution in [-0.4, -0.2) is 127 Å². The Kier molecular flexibility index (Phi) is 26.9. The molecule has 0 aliphatic carbocycles. The molecule has 18 nitrogen and oxygen atoms in total. The Bertz CT molecular complexity index is 1090. The van der Waals surface area contributed by atoms with Gasteiger partial charge in [0.25, 0.3) is 0 Å². The number of nitrogens with one attached hydrogen (secondary N) is 4. The summed E-state index contributed by atoms with van der Waals surface area (Å²) in [5, 5.41) is 21.2. The fourth-order valence-electron chi connectivity index (χ4n) is 4.18. The minimum atomic E-state index is -0.854. The van der Waals surface area contributed by atoms with Gasteiger partial charge in [-0.1, -0.05) is 19.0 Å². The quantitative estimate of drug-likeness (QED) is 0.0118. The molecule has 1 aromatic carbocycles. The summed E-state index contributed by atoms with van der Waals surface area (Å²) >= 11 is 0. The van der Waals surface area contributed by atoms with Crippen LogP contribution in [-0.2, 0) is 42.8 Å². The van der Waals surface area contributed by atoms with Crippen LogP contribution < -0.4 is 27.2 Å². The highest BCUT2D eigenvalue weighted by atomic mass is 16.6. The molecule has 0 unspecified atom stereocenters. The van der Waals surface area contributed by atoms with Crippen LogP contribution in [0.3, 0.4) is 0 Å². The second-order valence-electron chi connectivity index (χ2n) is 11.2. The lowest BCUT2D eigenvalue weighted by atomic mass is 10.0. The highest BCUT2D eigenvalue weighted by Crippen LogP contribution is 2.15. The molecule has 0 heterocycles. The molecule has 0 saturated carbocycles. The van der Waals surface area contributed by atoms with E-state index in [1.54, 1.807) is 12.1 Å². The molecule has 1 aromatic rings. The van der Waals surface area contributed by atoms with Crippen LogP contribution in [0.5, 0.6) is 5.75 Å². The van der Waals surface area contributed by atoms with Gasteiger partial charge in [-0.15, -0.1) is 0 Å². The molecule has 3 amide bonds. The molecular formula is C32H56N8O10. The molecule has 0 radical (unpaired) electrons. The number of carbonyl (C=O) groups is 3. The third-order valence-corrected chi connectivity index (χ3v) is 6.83. The Hall–Kier alpha value is -3.58. The number of nitrogens with zero attached hydrogens (tertiary/aromatic N) is 3. The fraction of sp³-hybridized carbons (Fsp3) is 0.719. The van der Waals surface area contributed by atoms with Crippen LogP contribution in [0.1, 0.15) is 39.5 Å². The van der Waals surface area contributed by atoms with Gasteiger partial charge in [-0.2, -0.15) is 0 Å². The zero-order chi connectivity index (χ0) is 36.7. The Morgan fingerprint density at radius 1 is 0.780 bits per heavy atom. The van der Waals surface area contributed by atoms with Crippen molar-refractivity contribution >= 4 is 23.4 Å². The average molecular weight is 713 g/mol. The Morgan fingerprint density at radius 2 is 1.30 bits per heavy atom. The number of nitrogens with two attached hydrogens (primary N) is 1. The number of ether oxygens (including phenoxy) is 6. The molecule has 7 N–H and O–H groups in total. The lowest BCUT2D eigenvalue weighted by Crippen LogP contribution is -2.54. The van der Waals surface area contributed by atoms with Crippen LogP contribution in [0, 0.1) is 5.92 Å². The summed E-state index contributed by atoms with van der Waals surface area (Å²) in [6.07, 6.45) is 1.74. The van der Waals surface area contributed by atoms with Gasteiger partial charge in [0.05, 0.1) is 79.3 Å². The molecule has 0 spiro atoms. The van der Waals surface area contributed by atoms with Crippen LogP contribution in [0.4, 0.5) is 5.69 Å². The van der Waals surface area contributed by atoms with Gasteiger partial charge >= 0.3 is 0 Å². The smallest absolute Gasteiger partial charge is 0.246 e. The Morgan fingerprint density at radius 3 is 1.80 bits per heavy atom. The van der Waals surface area contributed by atoms with Gasteiger partial charge in [0.2, 0.25) is 17.7 Å². The number of phenolic OH excluding ortho intramolecular Hbond substituents is 1. The molecule has 2 atom stereocenters. The molecule has 0 bridgehead atoms. The van der Waals surface area contributed by atoms with Crippen molar-refractivity contribution in [2.75, 3.05) is 97.7 Å². The number of benzene rings is 1. The maximum absolute atomic E-state index is 13.2. The van der Waals surface area contributed by atoms with Crippen LogP contribution in [0.2, 0.25) is 0 Å². The van der Waals surface area contributed by atoms with Crippen molar-refractivity contribution in [2.45, 2.75) is 51.6 Å². The van der Waals surface area contributed by atoms with E-state index in [4.69, 9.17) is 39.8 Å². The largest absolute Gasteiger partial charge is 0.508 e. The molecule has 284 valence electrons. The monoisotopic (exact) mass is 712 g/mol. The van der Waals surface area contributed by atoms with Gasteiger partial charge in [0, 0.05) is 30.1 Å². The SMILES string of the molecule is CC(C)[C@H](NC(=O)CCOCCOCCOCCOCCOCCOCCN=[N+]=[N-])C(=O)N[C@@H](CCCCNN)C(=O)Nc1ccc(O)cc1. The number of azide groups is 1. The maximum Gasteiger partial charge on any atom is 0.246 e. The first-order valence-electron chi connectivity index (χ1n) is 16.9. The molecule has 18 heteroatoms. The summed E-state index contributed by atoms with van der Waals surface area (Å²) in [4.78, 5) is 41.5. The third-order valence-electron chi connectivity index (χ3n) is 6.83. The number of hydrogen-bond donors (Lipinski definition) is 6. The van der Waals surface area contributed by atoms with E-state index >= 15 is 0 Å². The summed E-state index contributed by atoms with van der Waals surface area (Å²) < 4.78 is 32.4. The number of rotatable bonds is 32. The molecule has 0 aliphatic rings. The second-order valence-corrected chi connectivity index (χ2v) is 11.2. The molecule has 0 saturated heterocycles. The minimum Gasteiger partial charge on any atom is -0.508 e. The van der Waals surface area contributed by atoms with Crippen molar-refractivity contribution in [3.63, 3.8) is 0 Å². The fourth-order valence-corrected chi connectivity index (χ4v) is 4.18. The number of carbonyl (C=O) groups excluding carboxylic acids is 3. The molecule has 0 fully saturated rings. The zero-order valence-electron chi connectivity index (χ0n) is 29.3. The molecular weight excluding hydrogens is 656 g/mol. The third kappa shape index (κ3) is 23.7. The van der Waals surface area contributed by atoms with Crippen LogP contribution in [0.25, 0.3) is 10.4 Å². The van der Waals surface area contributed by atoms with Crippen molar-refractivity contribution < 1.29 is 47.9 Å². The van der Waals surface area contributed by atoms with Crippen molar-refractivity contribution in [1.29, 1.82) is 0 Å². The predicted octanol–water partition coefficient (Wildman–Crippen LogP) is 1.39. The summed E-state index contributed by atoms with van der Waals surface area (Å²) in [5.74, 6) is 3.94. The van der Waals surface area contributed by atoms with Crippen LogP contribution in [0.15, 0.2) is 29.4 Å². The van der Waals surface area contributed by atoms with E-state index in [0.29, 0.717) is 111 Å². The average Bonchev–Trinajstić information content (AvgIpc) is 3.09. The van der Waals surface area contributed by atoms with Crippen molar-refractivity contribution in [2.24, 2.45) is 16.9 Å². The van der Waals surface area contributed by atoms with E-state index < -0.39 is 23.9 Å². The normalized spacial score (nSPS) is 12.2. The second kappa shape index (κ2) is 30.3. The van der Waals surface area contributed by atoms with Gasteiger partial charge in [-0.25, -0.2) is 0 Å². The van der Waals surface area contributed by atoms with E-state index in [2.05, 4.69) is 31.4 Å². The topological polar surface area (TPSA) is 250 Å². The maximum atomic E-state index is 13.2. The van der Waals surface area contributed by atoms with Gasteiger partial charge < -0.3 is 49.5 Å². The number of unbranched alkanes of at least 4 members (excludes halogenated alkanes) is 1. The van der Waals surface area contributed by atoms with Crippen LogP contribution >= 0.6 is 0 Å². The highest BCUT2D eigenvalue weighted by molar-refractivity contribution is 5.98. The number of anilines is 1. The summed E-state index contributed by atoms with van der Waals surface area (Å²) in [7, 11) is 0. The van der Waals surface area contributed by atoms with E-state index in [1.807, 2.05) is 13.8 Å². The first kappa shape index (κ1) is 44.4. The number of hydrazine groups is 1. The Labute approximate surface area is 294 Å². The van der Waals surface area contributed by atoms with E-state index in [1.165, 1.54) is 12.1 Å². The summed E-state index contributed by atoms with van der Waals surface area (Å²) in [6.45, 7) is 9.00. The van der Waals surface area contributed by atoms with Crippen molar-refractivity contribution in [1.82, 2.24) is 16.1 Å². The van der Waals surface area contributed by atoms with Crippen molar-refractivity contribution in [3.05, 3.63) is 34.7 Å². The predicted molar refractivity (Wildman–Crippen MR) is 185 cm³/mol. The summed E-state index contributed by atoms with van der Waals surface area (Å²) in [6, 6.07) is 4.32. The first-order valence-corrected chi connectivity index (χ1v) is 16.9. The van der Waals surface area contributed by atoms with E-state index in [0.717, 1.165) is 0 Å². The zero-order valence-corrected chi connectivity index (χ0v) is 29.3. The minimum absolute atomic E-state index is 0.0498. The van der Waals surface area contributed by atoms with Gasteiger partial charge in [0.15, 0.2) is 0 Å². The number of phenols is 1. The van der Waals surface area contributed by atoms with Gasteiger partial charge in [-0.05, 0) is 55.0 Å². The number of hydrogen-bond acceptors (Lipinski definition) is 13. The molecule has 50 heavy (non-hydrogen) atoms. The highest BCUT2D eigenvalue weighted by Gasteiger charge is 2.28. The standard InChI is InChI=1S/C32H56N8O10/c1-25(2)30(32(44)38-28(5-3-4-11-35-33)31(43)37-26-6-8-27(41)9-7-26)39-29(42)10-13-45-15-17-47-19-21-49-23-24-50-22-20-48-18-16-46-14-12-36-40-34/h6-9,25,28,30,35,41H,3-5,10-24,33H2,1-2H3,(H,37,43)(H,38,44)(H,39,42)/t28-,30-/m0/s1. The lowest BCUT2D eigenvalue weighted by Gasteiger charge is -2.25. The lowest BCUT2D eigenvalue weighted by molar-refractivity contribution is -0.132. The number of amides is 3. The first-order chi connectivity index (χ1) is 24.3. The molecule has 0 aromatic heterocycles. The van der Waals surface area contributed by atoms with E-state index in [9.17, 15) is 19.5 Å². The van der Waals surface area contributed by atoms with Gasteiger partial charge in [0.1, 0.15) is 17.8 Å². The van der Waals surface area contributed by atoms with Crippen molar-refractivity contribution in [3.8, 4) is 5.75 Å². The molecule has 0 aliphatic heterocycles. The summed E-state index contributed by atoms with van der Waals surface area (Å²) in [5.41, 5.74) is 11.2. The number of aromatic hydroxyl groups is 1.